The third-order valence-corrected chi connectivity index (χ3v) is 3.12. The molecule has 1 unspecified atom stereocenters. The van der Waals surface area contributed by atoms with Crippen LogP contribution in [0.5, 0.6) is 0 Å². The first kappa shape index (κ1) is 9.65. The molecule has 1 aliphatic carbocycles. The molecule has 0 aromatic rings. The van der Waals surface area contributed by atoms with Crippen LogP contribution < -0.4 is 5.32 Å². The molecule has 0 aromatic heterocycles. The molecule has 2 rings (SSSR count). The smallest absolute Gasteiger partial charge is 0.220 e. The van der Waals surface area contributed by atoms with Gasteiger partial charge in [0, 0.05) is 6.42 Å². The number of hydrogen-bond acceptors (Lipinski definition) is 3. The van der Waals surface area contributed by atoms with Crippen LogP contribution in [-0.4, -0.2) is 29.4 Å². The van der Waals surface area contributed by atoms with Crippen LogP contribution in [0.25, 0.3) is 0 Å². The lowest BCUT2D eigenvalue weighted by Crippen LogP contribution is -2.49. The maximum atomic E-state index is 11.8. The second-order valence-corrected chi connectivity index (χ2v) is 4.13. The lowest BCUT2D eigenvalue weighted by atomic mass is 9.85. The number of fused-ring (bicyclic) bond motifs is 1. The van der Waals surface area contributed by atoms with Gasteiger partial charge in [0.05, 0.1) is 12.1 Å². The zero-order chi connectivity index (χ0) is 10.3. The van der Waals surface area contributed by atoms with E-state index in [2.05, 4.69) is 5.32 Å². The Morgan fingerprint density at radius 2 is 2.36 bits per heavy atom. The van der Waals surface area contributed by atoms with Crippen molar-refractivity contribution in [1.29, 1.82) is 0 Å². The topological polar surface area (TPSA) is 58.7 Å². The van der Waals surface area contributed by atoms with Crippen molar-refractivity contribution in [3.05, 3.63) is 0 Å². The average molecular weight is 197 g/mol. The maximum Gasteiger partial charge on any atom is 0.220 e. The second-order valence-electron chi connectivity index (χ2n) is 4.13. The predicted octanol–water partition coefficient (Wildman–Crippen LogP) is 0.402. The van der Waals surface area contributed by atoms with Crippen LogP contribution in [0.3, 0.4) is 0 Å². The van der Waals surface area contributed by atoms with Gasteiger partial charge >= 0.3 is 0 Å². The van der Waals surface area contributed by atoms with Gasteiger partial charge in [-0.05, 0) is 19.8 Å². The number of rotatable bonds is 2. The molecular formula is C10H15NO3. The summed E-state index contributed by atoms with van der Waals surface area (Å²) < 4.78 is 5.32. The van der Waals surface area contributed by atoms with Crippen molar-refractivity contribution >= 4 is 11.7 Å². The number of epoxide rings is 1. The van der Waals surface area contributed by atoms with Gasteiger partial charge in [0.2, 0.25) is 5.91 Å². The molecule has 0 radical (unpaired) electrons. The van der Waals surface area contributed by atoms with E-state index >= 15 is 0 Å². The van der Waals surface area contributed by atoms with E-state index in [1.807, 2.05) is 6.92 Å². The molecule has 0 aromatic carbocycles. The number of ketones is 1. The minimum Gasteiger partial charge on any atom is -0.358 e. The van der Waals surface area contributed by atoms with Gasteiger partial charge in [0.15, 0.2) is 11.4 Å². The molecule has 0 spiro atoms. The van der Waals surface area contributed by atoms with Gasteiger partial charge in [0.1, 0.15) is 0 Å². The summed E-state index contributed by atoms with van der Waals surface area (Å²) in [7, 11) is 0. The molecule has 4 heteroatoms. The van der Waals surface area contributed by atoms with Gasteiger partial charge in [-0.2, -0.15) is 0 Å². The Kier molecular flexibility index (Phi) is 2.10. The molecule has 1 saturated heterocycles. The number of Topliss-reactive ketones (excluding diaryl/α,β-unsaturated/α-hetero) is 1. The van der Waals surface area contributed by atoms with Gasteiger partial charge in [-0.15, -0.1) is 0 Å². The van der Waals surface area contributed by atoms with Crippen LogP contribution in [0.4, 0.5) is 0 Å². The molecule has 1 aliphatic heterocycles. The highest BCUT2D eigenvalue weighted by Gasteiger charge is 2.62. The number of carbonyl (C=O) groups is 2. The summed E-state index contributed by atoms with van der Waals surface area (Å²) in [5.41, 5.74) is -0.593. The molecule has 1 N–H and O–H groups in total. The minimum atomic E-state index is -0.593. The molecule has 1 amide bonds. The Labute approximate surface area is 83.0 Å². The largest absolute Gasteiger partial charge is 0.358 e. The van der Waals surface area contributed by atoms with Crippen LogP contribution in [-0.2, 0) is 14.3 Å². The number of nitrogens with one attached hydrogen (secondary N) is 1. The van der Waals surface area contributed by atoms with Crippen molar-refractivity contribution in [1.82, 2.24) is 5.32 Å². The molecule has 3 atom stereocenters. The third-order valence-electron chi connectivity index (χ3n) is 3.12. The second kappa shape index (κ2) is 3.05. The quantitative estimate of drug-likeness (QED) is 0.652. The predicted molar refractivity (Wildman–Crippen MR) is 49.7 cm³/mol. The first-order valence-electron chi connectivity index (χ1n) is 5.09. The fourth-order valence-electron chi connectivity index (χ4n) is 2.04. The highest BCUT2D eigenvalue weighted by Crippen LogP contribution is 2.44. The van der Waals surface area contributed by atoms with Crippen LogP contribution in [0.1, 0.15) is 33.1 Å². The van der Waals surface area contributed by atoms with Gasteiger partial charge in [-0.1, -0.05) is 6.92 Å². The van der Waals surface area contributed by atoms with Gasteiger partial charge in [-0.3, -0.25) is 9.59 Å². The van der Waals surface area contributed by atoms with Crippen molar-refractivity contribution in [2.24, 2.45) is 0 Å². The lowest BCUT2D eigenvalue weighted by molar-refractivity contribution is -0.130. The van der Waals surface area contributed by atoms with Gasteiger partial charge in [0.25, 0.3) is 0 Å². The summed E-state index contributed by atoms with van der Waals surface area (Å²) >= 11 is 0. The van der Waals surface area contributed by atoms with Crippen molar-refractivity contribution in [3.8, 4) is 0 Å². The van der Waals surface area contributed by atoms with E-state index in [1.165, 1.54) is 0 Å². The van der Waals surface area contributed by atoms with E-state index in [0.29, 0.717) is 12.8 Å². The first-order chi connectivity index (χ1) is 6.58. The SMILES string of the molecule is CCC(=O)N[C@H]1CCC2O[C@@]2(C)C1=O. The highest BCUT2D eigenvalue weighted by atomic mass is 16.6. The fraction of sp³-hybridized carbons (Fsp3) is 0.800. The Balaban J connectivity index is 2.00. The lowest BCUT2D eigenvalue weighted by Gasteiger charge is -2.22. The molecule has 4 nitrogen and oxygen atoms in total. The van der Waals surface area contributed by atoms with E-state index in [9.17, 15) is 9.59 Å². The van der Waals surface area contributed by atoms with E-state index < -0.39 is 5.60 Å². The third kappa shape index (κ3) is 1.34. The molecule has 1 saturated carbocycles. The Hall–Kier alpha value is -0.900. The van der Waals surface area contributed by atoms with Crippen LogP contribution in [0.15, 0.2) is 0 Å². The molecule has 2 aliphatic rings. The Morgan fingerprint density at radius 1 is 1.64 bits per heavy atom. The van der Waals surface area contributed by atoms with Gasteiger partial charge < -0.3 is 10.1 Å². The Bertz CT molecular complexity index is 289. The highest BCUT2D eigenvalue weighted by molar-refractivity contribution is 5.97. The van der Waals surface area contributed by atoms with Crippen molar-refractivity contribution in [2.75, 3.05) is 0 Å². The fourth-order valence-corrected chi connectivity index (χ4v) is 2.04. The number of amides is 1. The summed E-state index contributed by atoms with van der Waals surface area (Å²) in [5, 5.41) is 2.73. The summed E-state index contributed by atoms with van der Waals surface area (Å²) in [5.74, 6) is -0.0263. The average Bonchev–Trinajstić information content (AvgIpc) is 2.84. The van der Waals surface area contributed by atoms with Crippen molar-refractivity contribution in [3.63, 3.8) is 0 Å². The number of carbonyl (C=O) groups excluding carboxylic acids is 2. The van der Waals surface area contributed by atoms with Crippen LogP contribution in [0, 0.1) is 0 Å². The Morgan fingerprint density at radius 3 is 3.00 bits per heavy atom. The molecule has 0 bridgehead atoms. The summed E-state index contributed by atoms with van der Waals surface area (Å²) in [6.07, 6.45) is 2.11. The molecule has 14 heavy (non-hydrogen) atoms. The summed E-state index contributed by atoms with van der Waals surface area (Å²) in [6.45, 7) is 3.59. The molecule has 1 heterocycles. The van der Waals surface area contributed by atoms with Crippen molar-refractivity contribution in [2.45, 2.75) is 50.9 Å². The van der Waals surface area contributed by atoms with E-state index in [0.717, 1.165) is 6.42 Å². The zero-order valence-electron chi connectivity index (χ0n) is 8.50. The molecule has 78 valence electrons. The molecular weight excluding hydrogens is 182 g/mol. The monoisotopic (exact) mass is 197 g/mol. The minimum absolute atomic E-state index is 0.0375. The first-order valence-corrected chi connectivity index (χ1v) is 5.09. The van der Waals surface area contributed by atoms with E-state index in [-0.39, 0.29) is 23.8 Å². The van der Waals surface area contributed by atoms with E-state index in [1.54, 1.807) is 6.92 Å². The zero-order valence-corrected chi connectivity index (χ0v) is 8.50. The van der Waals surface area contributed by atoms with Crippen molar-refractivity contribution < 1.29 is 14.3 Å². The number of hydrogen-bond donors (Lipinski definition) is 1. The maximum absolute atomic E-state index is 11.8. The normalized spacial score (nSPS) is 40.3. The standard InChI is InChI=1S/C10H15NO3/c1-3-8(12)11-6-4-5-7-10(2,14-7)9(6)13/h6-7H,3-5H2,1-2H3,(H,11,12)/t6-,7?,10+/m0/s1. The van der Waals surface area contributed by atoms with Crippen LogP contribution >= 0.6 is 0 Å². The summed E-state index contributed by atoms with van der Waals surface area (Å²) in [6, 6.07) is -0.328. The van der Waals surface area contributed by atoms with Crippen LogP contribution in [0.2, 0.25) is 0 Å². The molecule has 2 fully saturated rings. The summed E-state index contributed by atoms with van der Waals surface area (Å²) in [4.78, 5) is 22.9. The van der Waals surface area contributed by atoms with Gasteiger partial charge in [-0.25, -0.2) is 0 Å². The van der Waals surface area contributed by atoms with E-state index in [4.69, 9.17) is 4.74 Å². The number of ether oxygens (including phenoxy) is 1.